The van der Waals surface area contributed by atoms with Gasteiger partial charge in [-0.3, -0.25) is 0 Å². The number of benzene rings is 1. The average Bonchev–Trinajstić information content (AvgIpc) is 2.40. The molecule has 0 aliphatic rings. The fourth-order valence-electron chi connectivity index (χ4n) is 1.48. The van der Waals surface area contributed by atoms with Gasteiger partial charge in [-0.25, -0.2) is 0 Å². The van der Waals surface area contributed by atoms with Crippen LogP contribution in [0.5, 0.6) is 0 Å². The Hall–Kier alpha value is -1.57. The van der Waals surface area contributed by atoms with Crippen LogP contribution in [0.25, 0.3) is 0 Å². The van der Waals surface area contributed by atoms with Crippen LogP contribution in [0.2, 0.25) is 0 Å². The summed E-state index contributed by atoms with van der Waals surface area (Å²) in [6.45, 7) is 2.92. The summed E-state index contributed by atoms with van der Waals surface area (Å²) >= 11 is 0. The molecule has 0 unspecified atom stereocenters. The Kier molecular flexibility index (Phi) is 7.61. The van der Waals surface area contributed by atoms with Crippen molar-refractivity contribution in [2.24, 2.45) is 0 Å². The maximum absolute atomic E-state index is 8.56. The van der Waals surface area contributed by atoms with Gasteiger partial charge in [-0.2, -0.15) is 5.26 Å². The van der Waals surface area contributed by atoms with Crippen molar-refractivity contribution in [2.45, 2.75) is 12.8 Å². The Balaban J connectivity index is 2.10. The zero-order valence-corrected chi connectivity index (χ0v) is 10.8. The molecule has 4 heteroatoms. The van der Waals surface area contributed by atoms with Crippen molar-refractivity contribution >= 4 is 5.69 Å². The van der Waals surface area contributed by atoms with Gasteiger partial charge >= 0.3 is 0 Å². The molecule has 0 aliphatic carbocycles. The van der Waals surface area contributed by atoms with Gasteiger partial charge in [0.05, 0.1) is 25.7 Å². The summed E-state index contributed by atoms with van der Waals surface area (Å²) in [7, 11) is 1.67. The van der Waals surface area contributed by atoms with Gasteiger partial charge in [-0.15, -0.1) is 0 Å². The number of hydrogen-bond acceptors (Lipinski definition) is 4. The number of ether oxygens (including phenoxy) is 2. The lowest BCUT2D eigenvalue weighted by Crippen LogP contribution is -2.08. The summed E-state index contributed by atoms with van der Waals surface area (Å²) in [6, 6.07) is 10.1. The van der Waals surface area contributed by atoms with E-state index in [2.05, 4.69) is 11.4 Å². The molecular weight excluding hydrogens is 228 g/mol. The molecular formula is C14H20N2O2. The van der Waals surface area contributed by atoms with Gasteiger partial charge < -0.3 is 14.8 Å². The molecule has 0 amide bonds. The summed E-state index contributed by atoms with van der Waals surface area (Å²) in [5.41, 5.74) is 2.12. The molecule has 0 aliphatic heterocycles. The molecule has 18 heavy (non-hydrogen) atoms. The third-order valence-electron chi connectivity index (χ3n) is 2.46. The number of nitrogens with one attached hydrogen (secondary N) is 1. The molecule has 0 aromatic heterocycles. The molecule has 0 saturated carbocycles. The first-order chi connectivity index (χ1) is 8.86. The van der Waals surface area contributed by atoms with Crippen LogP contribution in [0.1, 0.15) is 12.0 Å². The summed E-state index contributed by atoms with van der Waals surface area (Å²) in [6.07, 6.45) is 1.43. The van der Waals surface area contributed by atoms with Crippen LogP contribution in [0.3, 0.4) is 0 Å². The lowest BCUT2D eigenvalue weighted by Gasteiger charge is -2.07. The molecule has 0 atom stereocenters. The van der Waals surface area contributed by atoms with Crippen molar-refractivity contribution < 1.29 is 9.47 Å². The van der Waals surface area contributed by atoms with Crippen LogP contribution in [0.4, 0.5) is 5.69 Å². The number of nitrogens with zero attached hydrogens (tertiary/aromatic N) is 1. The second-order valence-corrected chi connectivity index (χ2v) is 3.92. The van der Waals surface area contributed by atoms with Gasteiger partial charge in [0.15, 0.2) is 0 Å². The maximum atomic E-state index is 8.56. The zero-order valence-electron chi connectivity index (χ0n) is 10.8. The van der Waals surface area contributed by atoms with E-state index in [0.29, 0.717) is 19.6 Å². The van der Waals surface area contributed by atoms with Gasteiger partial charge in [-0.05, 0) is 24.1 Å². The topological polar surface area (TPSA) is 54.3 Å². The summed E-state index contributed by atoms with van der Waals surface area (Å²) in [4.78, 5) is 0. The highest BCUT2D eigenvalue weighted by Gasteiger charge is 1.94. The van der Waals surface area contributed by atoms with E-state index in [-0.39, 0.29) is 0 Å². The molecule has 0 heterocycles. The van der Waals surface area contributed by atoms with Crippen LogP contribution in [-0.4, -0.2) is 33.5 Å². The molecule has 4 nitrogen and oxygen atoms in total. The quantitative estimate of drug-likeness (QED) is 0.681. The van der Waals surface area contributed by atoms with Crippen LogP contribution in [-0.2, 0) is 15.9 Å². The highest BCUT2D eigenvalue weighted by atomic mass is 16.5. The number of methoxy groups -OCH3 is 1. The molecule has 1 rings (SSSR count). The van der Waals surface area contributed by atoms with E-state index in [9.17, 15) is 0 Å². The normalized spacial score (nSPS) is 10.0. The van der Waals surface area contributed by atoms with Crippen molar-refractivity contribution in [3.63, 3.8) is 0 Å². The predicted molar refractivity (Wildman–Crippen MR) is 71.6 cm³/mol. The van der Waals surface area contributed by atoms with E-state index < -0.39 is 0 Å². The molecule has 0 radical (unpaired) electrons. The summed E-state index contributed by atoms with van der Waals surface area (Å²) in [5, 5.41) is 11.9. The maximum Gasteiger partial charge on any atom is 0.0700 e. The van der Waals surface area contributed by atoms with E-state index in [0.717, 1.165) is 30.8 Å². The Bertz CT molecular complexity index is 357. The van der Waals surface area contributed by atoms with Crippen LogP contribution in [0.15, 0.2) is 24.3 Å². The lowest BCUT2D eigenvalue weighted by molar-refractivity contribution is 0.0705. The second kappa shape index (κ2) is 9.46. The van der Waals surface area contributed by atoms with E-state index in [1.54, 1.807) is 7.11 Å². The molecule has 0 saturated heterocycles. The molecule has 1 N–H and O–H groups in total. The van der Waals surface area contributed by atoms with Crippen molar-refractivity contribution in [1.29, 1.82) is 5.26 Å². The number of rotatable bonds is 9. The summed E-state index contributed by atoms with van der Waals surface area (Å²) in [5.74, 6) is 0. The van der Waals surface area contributed by atoms with Crippen LogP contribution >= 0.6 is 0 Å². The van der Waals surface area contributed by atoms with Crippen molar-refractivity contribution in [3.05, 3.63) is 29.8 Å². The highest BCUT2D eigenvalue weighted by molar-refractivity contribution is 5.44. The van der Waals surface area contributed by atoms with E-state index in [1.165, 1.54) is 0 Å². The lowest BCUT2D eigenvalue weighted by atomic mass is 10.1. The standard InChI is InChI=1S/C14H20N2O2/c1-17-11-12-18-10-2-9-16-14-5-3-13(4-6-14)7-8-15/h3-6,16H,2,7,9-12H2,1H3. The van der Waals surface area contributed by atoms with Crippen LogP contribution in [0, 0.1) is 11.3 Å². The minimum Gasteiger partial charge on any atom is -0.385 e. The zero-order chi connectivity index (χ0) is 13.1. The van der Waals surface area contributed by atoms with Crippen molar-refractivity contribution in [3.8, 4) is 6.07 Å². The fourth-order valence-corrected chi connectivity index (χ4v) is 1.48. The average molecular weight is 248 g/mol. The van der Waals surface area contributed by atoms with Gasteiger partial charge in [0.25, 0.3) is 0 Å². The molecule has 98 valence electrons. The number of nitriles is 1. The monoisotopic (exact) mass is 248 g/mol. The van der Waals surface area contributed by atoms with Crippen LogP contribution < -0.4 is 5.32 Å². The Labute approximate surface area is 109 Å². The Morgan fingerprint density at radius 1 is 1.17 bits per heavy atom. The van der Waals surface area contributed by atoms with E-state index >= 15 is 0 Å². The van der Waals surface area contributed by atoms with E-state index in [1.807, 2.05) is 24.3 Å². The second-order valence-electron chi connectivity index (χ2n) is 3.92. The van der Waals surface area contributed by atoms with Crippen molar-refractivity contribution in [2.75, 3.05) is 38.8 Å². The third kappa shape index (κ3) is 6.24. The van der Waals surface area contributed by atoms with Gasteiger partial charge in [0.1, 0.15) is 0 Å². The minimum atomic E-state index is 0.466. The molecule has 0 spiro atoms. The SMILES string of the molecule is COCCOCCCNc1ccc(CC#N)cc1. The first-order valence-corrected chi connectivity index (χ1v) is 6.13. The third-order valence-corrected chi connectivity index (χ3v) is 2.46. The van der Waals surface area contributed by atoms with Gasteiger partial charge in [0.2, 0.25) is 0 Å². The number of anilines is 1. The first kappa shape index (κ1) is 14.5. The molecule has 1 aromatic rings. The van der Waals surface area contributed by atoms with E-state index in [4.69, 9.17) is 14.7 Å². The highest BCUT2D eigenvalue weighted by Crippen LogP contribution is 2.09. The molecule has 0 fully saturated rings. The smallest absolute Gasteiger partial charge is 0.0700 e. The number of hydrogen-bond donors (Lipinski definition) is 1. The molecule has 1 aromatic carbocycles. The Morgan fingerprint density at radius 3 is 2.61 bits per heavy atom. The summed E-state index contributed by atoms with van der Waals surface area (Å²) < 4.78 is 10.2. The minimum absolute atomic E-state index is 0.466. The van der Waals surface area contributed by atoms with Crippen molar-refractivity contribution in [1.82, 2.24) is 0 Å². The predicted octanol–water partition coefficient (Wildman–Crippen LogP) is 2.22. The Morgan fingerprint density at radius 2 is 1.94 bits per heavy atom. The molecule has 0 bridgehead atoms. The van der Waals surface area contributed by atoms with Gasteiger partial charge in [-0.1, -0.05) is 12.1 Å². The first-order valence-electron chi connectivity index (χ1n) is 6.13. The van der Waals surface area contributed by atoms with Gasteiger partial charge in [0, 0.05) is 25.9 Å². The largest absolute Gasteiger partial charge is 0.385 e. The fraction of sp³-hybridized carbons (Fsp3) is 0.500.